The van der Waals surface area contributed by atoms with E-state index in [4.69, 9.17) is 4.74 Å². The van der Waals surface area contributed by atoms with Crippen molar-refractivity contribution in [3.8, 4) is 5.75 Å². The van der Waals surface area contributed by atoms with Crippen LogP contribution in [0, 0.1) is 0 Å². The molecule has 2 rings (SSSR count). The minimum atomic E-state index is 0.774. The molecule has 2 aromatic carbocycles. The van der Waals surface area contributed by atoms with Crippen molar-refractivity contribution in [3.63, 3.8) is 0 Å². The summed E-state index contributed by atoms with van der Waals surface area (Å²) in [6.45, 7) is 6.90. The lowest BCUT2D eigenvalue weighted by molar-refractivity contribution is 0.340. The van der Waals surface area contributed by atoms with Gasteiger partial charge in [0.1, 0.15) is 5.75 Å². The van der Waals surface area contributed by atoms with Gasteiger partial charge in [0.25, 0.3) is 0 Å². The van der Waals surface area contributed by atoms with Gasteiger partial charge in [0.15, 0.2) is 0 Å². The molecule has 0 spiro atoms. The lowest BCUT2D eigenvalue weighted by Gasteiger charge is -2.14. The lowest BCUT2D eigenvalue weighted by atomic mass is 10.0. The van der Waals surface area contributed by atoms with E-state index in [2.05, 4.69) is 55.6 Å². The number of thioether (sulfide) groups is 1. The largest absolute Gasteiger partial charge is 0.492 e. The summed E-state index contributed by atoms with van der Waals surface area (Å²) in [6.07, 6.45) is 0. The first-order valence-corrected chi connectivity index (χ1v) is 8.44. The van der Waals surface area contributed by atoms with Crippen molar-refractivity contribution in [2.24, 2.45) is 0 Å². The summed E-state index contributed by atoms with van der Waals surface area (Å²) in [4.78, 5) is 0. The van der Waals surface area contributed by atoms with Crippen LogP contribution in [0.25, 0.3) is 10.8 Å². The first-order valence-electron chi connectivity index (χ1n) is 7.28. The summed E-state index contributed by atoms with van der Waals surface area (Å²) in [5.74, 6) is 3.20. The maximum absolute atomic E-state index is 5.98. The molecule has 0 amide bonds. The van der Waals surface area contributed by atoms with Crippen LogP contribution in [0.2, 0.25) is 0 Å². The van der Waals surface area contributed by atoms with Crippen LogP contribution in [0.1, 0.15) is 19.4 Å². The predicted octanol–water partition coefficient (Wildman–Crippen LogP) is 4.08. The first kappa shape index (κ1) is 15.2. The van der Waals surface area contributed by atoms with Crippen molar-refractivity contribution in [2.45, 2.75) is 20.4 Å². The lowest BCUT2D eigenvalue weighted by Crippen LogP contribution is -2.14. The van der Waals surface area contributed by atoms with Gasteiger partial charge in [-0.15, -0.1) is 0 Å². The van der Waals surface area contributed by atoms with Gasteiger partial charge in [-0.3, -0.25) is 0 Å². The molecule has 0 aromatic heterocycles. The average Bonchev–Trinajstić information content (AvgIpc) is 2.50. The Morgan fingerprint density at radius 2 is 1.95 bits per heavy atom. The van der Waals surface area contributed by atoms with Gasteiger partial charge in [0.05, 0.1) is 6.61 Å². The van der Waals surface area contributed by atoms with Gasteiger partial charge in [-0.25, -0.2) is 0 Å². The van der Waals surface area contributed by atoms with Crippen LogP contribution in [0.3, 0.4) is 0 Å². The quantitative estimate of drug-likeness (QED) is 0.740. The normalized spacial score (nSPS) is 10.9. The van der Waals surface area contributed by atoms with E-state index in [1.165, 1.54) is 16.3 Å². The van der Waals surface area contributed by atoms with Crippen molar-refractivity contribution in [3.05, 3.63) is 42.0 Å². The zero-order valence-electron chi connectivity index (χ0n) is 12.3. The van der Waals surface area contributed by atoms with Crippen molar-refractivity contribution >= 4 is 22.5 Å². The molecule has 0 radical (unpaired) electrons. The fourth-order valence-corrected chi connectivity index (χ4v) is 2.73. The standard InChI is InChI=1S/C17H23NOS/c1-3-18-13-16-15-8-6-5-7-14(15)9-10-17(16)19-11-12-20-4-2/h5-10,18H,3-4,11-13H2,1-2H3. The molecule has 0 aliphatic rings. The van der Waals surface area contributed by atoms with E-state index in [1.54, 1.807) is 0 Å². The Balaban J connectivity index is 2.22. The Morgan fingerprint density at radius 3 is 2.75 bits per heavy atom. The minimum absolute atomic E-state index is 0.774. The van der Waals surface area contributed by atoms with E-state index < -0.39 is 0 Å². The molecule has 2 nitrogen and oxygen atoms in total. The first-order chi connectivity index (χ1) is 9.86. The highest BCUT2D eigenvalue weighted by molar-refractivity contribution is 7.99. The third-order valence-corrected chi connectivity index (χ3v) is 4.10. The SMILES string of the molecule is CCNCc1c(OCCSCC)ccc2ccccc12. The highest BCUT2D eigenvalue weighted by Gasteiger charge is 2.08. The molecule has 0 saturated heterocycles. The second kappa shape index (κ2) is 8.18. The van der Waals surface area contributed by atoms with E-state index in [0.717, 1.165) is 37.0 Å². The molecule has 0 atom stereocenters. The Kier molecular flexibility index (Phi) is 6.22. The number of nitrogens with one attached hydrogen (secondary N) is 1. The minimum Gasteiger partial charge on any atom is -0.492 e. The third-order valence-electron chi connectivity index (χ3n) is 3.24. The average molecular weight is 289 g/mol. The maximum Gasteiger partial charge on any atom is 0.124 e. The molecule has 108 valence electrons. The zero-order valence-corrected chi connectivity index (χ0v) is 13.1. The van der Waals surface area contributed by atoms with Crippen molar-refractivity contribution in [1.29, 1.82) is 0 Å². The summed E-state index contributed by atoms with van der Waals surface area (Å²) in [5.41, 5.74) is 1.27. The van der Waals surface area contributed by atoms with Gasteiger partial charge in [0.2, 0.25) is 0 Å². The number of hydrogen-bond acceptors (Lipinski definition) is 3. The van der Waals surface area contributed by atoms with Crippen molar-refractivity contribution in [2.75, 3.05) is 24.7 Å². The van der Waals surface area contributed by atoms with Crippen LogP contribution in [0.5, 0.6) is 5.75 Å². The summed E-state index contributed by atoms with van der Waals surface area (Å²) in [6, 6.07) is 12.8. The summed E-state index contributed by atoms with van der Waals surface area (Å²) >= 11 is 1.91. The summed E-state index contributed by atoms with van der Waals surface area (Å²) < 4.78 is 5.98. The van der Waals surface area contributed by atoms with Gasteiger partial charge < -0.3 is 10.1 Å². The molecule has 0 heterocycles. The molecule has 0 aliphatic carbocycles. The molecule has 0 saturated carbocycles. The third kappa shape index (κ3) is 3.90. The number of benzene rings is 2. The highest BCUT2D eigenvalue weighted by Crippen LogP contribution is 2.28. The van der Waals surface area contributed by atoms with Gasteiger partial charge >= 0.3 is 0 Å². The fraction of sp³-hybridized carbons (Fsp3) is 0.412. The molecule has 3 heteroatoms. The number of ether oxygens (including phenoxy) is 1. The van der Waals surface area contributed by atoms with E-state index in [-0.39, 0.29) is 0 Å². The Hall–Kier alpha value is -1.19. The highest BCUT2D eigenvalue weighted by atomic mass is 32.2. The smallest absolute Gasteiger partial charge is 0.124 e. The molecule has 0 aliphatic heterocycles. The molecule has 0 unspecified atom stereocenters. The van der Waals surface area contributed by atoms with Gasteiger partial charge in [-0.2, -0.15) is 11.8 Å². The fourth-order valence-electron chi connectivity index (χ4n) is 2.24. The predicted molar refractivity (Wildman–Crippen MR) is 89.8 cm³/mol. The Morgan fingerprint density at radius 1 is 1.10 bits per heavy atom. The van der Waals surface area contributed by atoms with Gasteiger partial charge in [0, 0.05) is 17.9 Å². The van der Waals surface area contributed by atoms with Gasteiger partial charge in [-0.1, -0.05) is 44.2 Å². The van der Waals surface area contributed by atoms with E-state index in [0.29, 0.717) is 0 Å². The maximum atomic E-state index is 5.98. The van der Waals surface area contributed by atoms with Crippen molar-refractivity contribution in [1.82, 2.24) is 5.32 Å². The van der Waals surface area contributed by atoms with E-state index in [1.807, 2.05) is 11.8 Å². The van der Waals surface area contributed by atoms with Crippen LogP contribution >= 0.6 is 11.8 Å². The molecule has 20 heavy (non-hydrogen) atoms. The zero-order chi connectivity index (χ0) is 14.2. The van der Waals surface area contributed by atoms with Crippen LogP contribution in [0.15, 0.2) is 36.4 Å². The van der Waals surface area contributed by atoms with Gasteiger partial charge in [-0.05, 0) is 29.1 Å². The molecule has 1 N–H and O–H groups in total. The number of fused-ring (bicyclic) bond motifs is 1. The van der Waals surface area contributed by atoms with Crippen LogP contribution < -0.4 is 10.1 Å². The second-order valence-corrected chi connectivity index (χ2v) is 5.98. The molecule has 2 aromatic rings. The molecular formula is C17H23NOS. The van der Waals surface area contributed by atoms with E-state index in [9.17, 15) is 0 Å². The number of rotatable bonds is 8. The van der Waals surface area contributed by atoms with Crippen LogP contribution in [-0.2, 0) is 6.54 Å². The molecule has 0 bridgehead atoms. The van der Waals surface area contributed by atoms with Crippen LogP contribution in [-0.4, -0.2) is 24.7 Å². The Labute approximate surface area is 125 Å². The topological polar surface area (TPSA) is 21.3 Å². The summed E-state index contributed by atoms with van der Waals surface area (Å²) in [5, 5.41) is 5.97. The Bertz CT molecular complexity index is 542. The molecular weight excluding hydrogens is 266 g/mol. The summed E-state index contributed by atoms with van der Waals surface area (Å²) in [7, 11) is 0. The van der Waals surface area contributed by atoms with Crippen LogP contribution in [0.4, 0.5) is 0 Å². The number of hydrogen-bond donors (Lipinski definition) is 1. The monoisotopic (exact) mass is 289 g/mol. The molecule has 0 fully saturated rings. The second-order valence-electron chi connectivity index (χ2n) is 4.59. The van der Waals surface area contributed by atoms with E-state index >= 15 is 0 Å². The van der Waals surface area contributed by atoms with Crippen molar-refractivity contribution < 1.29 is 4.74 Å².